The number of rotatable bonds is 6. The van der Waals surface area contributed by atoms with Crippen LogP contribution in [-0.2, 0) is 0 Å². The number of nitrogens with zero attached hydrogens (tertiary/aromatic N) is 1. The molecule has 1 saturated heterocycles. The van der Waals surface area contributed by atoms with E-state index >= 15 is 0 Å². The minimum Gasteiger partial charge on any atom is -0.492 e. The third-order valence-electron chi connectivity index (χ3n) is 3.51. The average molecular weight is 284 g/mol. The maximum Gasteiger partial charge on any atom is 0.137 e. The van der Waals surface area contributed by atoms with Crippen molar-refractivity contribution in [2.24, 2.45) is 0 Å². The van der Waals surface area contributed by atoms with E-state index < -0.39 is 6.10 Å². The van der Waals surface area contributed by atoms with E-state index in [4.69, 9.17) is 16.3 Å². The molecule has 2 rings (SSSR count). The number of hydrogen-bond acceptors (Lipinski definition) is 3. The summed E-state index contributed by atoms with van der Waals surface area (Å²) in [6.45, 7) is 5.96. The molecule has 0 amide bonds. The van der Waals surface area contributed by atoms with Gasteiger partial charge in [0, 0.05) is 6.54 Å². The van der Waals surface area contributed by atoms with E-state index in [1.807, 2.05) is 12.1 Å². The number of likely N-dealkylation sites (tertiary alicyclic amines) is 1. The van der Waals surface area contributed by atoms with Gasteiger partial charge in [0.25, 0.3) is 0 Å². The minimum atomic E-state index is -0.498. The lowest BCUT2D eigenvalue weighted by atomic mass is 10.1. The van der Waals surface area contributed by atoms with Gasteiger partial charge in [-0.25, -0.2) is 0 Å². The van der Waals surface area contributed by atoms with E-state index in [9.17, 15) is 5.11 Å². The molecule has 0 radical (unpaired) electrons. The molecular weight excluding hydrogens is 262 g/mol. The lowest BCUT2D eigenvalue weighted by Crippen LogP contribution is -2.21. The fourth-order valence-electron chi connectivity index (χ4n) is 2.37. The molecule has 0 aromatic heterocycles. The first-order valence-electron chi connectivity index (χ1n) is 6.99. The van der Waals surface area contributed by atoms with Crippen molar-refractivity contribution in [2.75, 3.05) is 26.2 Å². The number of hydrogen-bond donors (Lipinski definition) is 1. The fourth-order valence-corrected chi connectivity index (χ4v) is 2.61. The molecule has 1 fully saturated rings. The fraction of sp³-hybridized carbons (Fsp3) is 0.600. The van der Waals surface area contributed by atoms with Crippen LogP contribution in [-0.4, -0.2) is 36.2 Å². The molecule has 1 unspecified atom stereocenters. The van der Waals surface area contributed by atoms with Crippen LogP contribution in [0.3, 0.4) is 0 Å². The summed E-state index contributed by atoms with van der Waals surface area (Å²) in [4.78, 5) is 2.47. The minimum absolute atomic E-state index is 0.498. The number of benzene rings is 1. The van der Waals surface area contributed by atoms with Crippen molar-refractivity contribution in [3.63, 3.8) is 0 Å². The molecule has 106 valence electrons. The first kappa shape index (κ1) is 14.6. The van der Waals surface area contributed by atoms with Gasteiger partial charge in [0.15, 0.2) is 0 Å². The second kappa shape index (κ2) is 7.13. The van der Waals surface area contributed by atoms with Crippen LogP contribution in [0.25, 0.3) is 0 Å². The van der Waals surface area contributed by atoms with Gasteiger partial charge in [0.2, 0.25) is 0 Å². The highest BCUT2D eigenvalue weighted by Gasteiger charge is 2.11. The van der Waals surface area contributed by atoms with E-state index in [1.165, 1.54) is 25.9 Å². The molecule has 1 aliphatic heterocycles. The van der Waals surface area contributed by atoms with Crippen LogP contribution < -0.4 is 4.74 Å². The summed E-state index contributed by atoms with van der Waals surface area (Å²) in [6, 6.07) is 5.45. The van der Waals surface area contributed by atoms with Crippen molar-refractivity contribution >= 4 is 11.6 Å². The Morgan fingerprint density at radius 2 is 2.11 bits per heavy atom. The summed E-state index contributed by atoms with van der Waals surface area (Å²) in [5, 5.41) is 10.0. The molecule has 0 aliphatic carbocycles. The summed E-state index contributed by atoms with van der Waals surface area (Å²) < 4.78 is 5.69. The SMILES string of the molecule is CC(O)c1ccc(OCCCN2CCCC2)c(Cl)c1. The van der Waals surface area contributed by atoms with E-state index in [0.29, 0.717) is 17.4 Å². The summed E-state index contributed by atoms with van der Waals surface area (Å²) >= 11 is 6.13. The van der Waals surface area contributed by atoms with Crippen LogP contribution in [0.15, 0.2) is 18.2 Å². The van der Waals surface area contributed by atoms with Crippen molar-refractivity contribution in [1.82, 2.24) is 4.90 Å². The second-order valence-corrected chi connectivity index (χ2v) is 5.52. The second-order valence-electron chi connectivity index (χ2n) is 5.12. The highest BCUT2D eigenvalue weighted by molar-refractivity contribution is 6.32. The number of ether oxygens (including phenoxy) is 1. The summed E-state index contributed by atoms with van der Waals surface area (Å²) in [7, 11) is 0. The van der Waals surface area contributed by atoms with Crippen molar-refractivity contribution in [3.8, 4) is 5.75 Å². The molecule has 1 N–H and O–H groups in total. The molecule has 1 aromatic carbocycles. The van der Waals surface area contributed by atoms with Crippen LogP contribution in [0.2, 0.25) is 5.02 Å². The number of aliphatic hydroxyl groups is 1. The highest BCUT2D eigenvalue weighted by Crippen LogP contribution is 2.27. The lowest BCUT2D eigenvalue weighted by Gasteiger charge is -2.15. The van der Waals surface area contributed by atoms with Crippen molar-refractivity contribution in [1.29, 1.82) is 0 Å². The molecule has 1 aliphatic rings. The molecule has 1 aromatic rings. The predicted molar refractivity (Wildman–Crippen MR) is 77.9 cm³/mol. The van der Waals surface area contributed by atoms with Gasteiger partial charge >= 0.3 is 0 Å². The van der Waals surface area contributed by atoms with Gasteiger partial charge in [-0.05, 0) is 57.0 Å². The van der Waals surface area contributed by atoms with Gasteiger partial charge in [-0.2, -0.15) is 0 Å². The van der Waals surface area contributed by atoms with Gasteiger partial charge in [0.1, 0.15) is 5.75 Å². The van der Waals surface area contributed by atoms with Crippen LogP contribution in [0.5, 0.6) is 5.75 Å². The standard InChI is InChI=1S/C15H22ClNO2/c1-12(18)13-5-6-15(14(16)11-13)19-10-4-9-17-7-2-3-8-17/h5-6,11-12,18H,2-4,7-10H2,1H3. The monoisotopic (exact) mass is 283 g/mol. The molecular formula is C15H22ClNO2. The zero-order valence-corrected chi connectivity index (χ0v) is 12.2. The van der Waals surface area contributed by atoms with Crippen LogP contribution in [0.1, 0.15) is 37.9 Å². The molecule has 0 bridgehead atoms. The Morgan fingerprint density at radius 1 is 1.37 bits per heavy atom. The van der Waals surface area contributed by atoms with E-state index in [2.05, 4.69) is 4.90 Å². The maximum absolute atomic E-state index is 9.47. The van der Waals surface area contributed by atoms with E-state index in [0.717, 1.165) is 18.5 Å². The molecule has 0 saturated carbocycles. The first-order chi connectivity index (χ1) is 9.16. The van der Waals surface area contributed by atoms with Crippen molar-refractivity contribution < 1.29 is 9.84 Å². The third-order valence-corrected chi connectivity index (χ3v) is 3.81. The Labute approximate surface area is 120 Å². The van der Waals surface area contributed by atoms with Gasteiger partial charge in [-0.15, -0.1) is 0 Å². The number of halogens is 1. The molecule has 3 nitrogen and oxygen atoms in total. The smallest absolute Gasteiger partial charge is 0.137 e. The van der Waals surface area contributed by atoms with Gasteiger partial charge < -0.3 is 14.7 Å². The summed E-state index contributed by atoms with van der Waals surface area (Å²) in [6.07, 6.45) is 3.18. The highest BCUT2D eigenvalue weighted by atomic mass is 35.5. The lowest BCUT2D eigenvalue weighted by molar-refractivity contribution is 0.199. The van der Waals surface area contributed by atoms with Crippen molar-refractivity contribution in [2.45, 2.75) is 32.3 Å². The quantitative estimate of drug-likeness (QED) is 0.814. The largest absolute Gasteiger partial charge is 0.492 e. The van der Waals surface area contributed by atoms with E-state index in [1.54, 1.807) is 13.0 Å². The summed E-state index contributed by atoms with van der Waals surface area (Å²) in [5.41, 5.74) is 0.814. The van der Waals surface area contributed by atoms with Crippen molar-refractivity contribution in [3.05, 3.63) is 28.8 Å². The van der Waals surface area contributed by atoms with Gasteiger partial charge in [-0.1, -0.05) is 17.7 Å². The van der Waals surface area contributed by atoms with Gasteiger partial charge in [0.05, 0.1) is 17.7 Å². The van der Waals surface area contributed by atoms with Crippen LogP contribution >= 0.6 is 11.6 Å². The van der Waals surface area contributed by atoms with Gasteiger partial charge in [-0.3, -0.25) is 0 Å². The normalized spacial score (nSPS) is 17.6. The molecule has 4 heteroatoms. The average Bonchev–Trinajstić information content (AvgIpc) is 2.89. The Morgan fingerprint density at radius 3 is 2.74 bits per heavy atom. The zero-order chi connectivity index (χ0) is 13.7. The Balaban J connectivity index is 1.76. The summed E-state index contributed by atoms with van der Waals surface area (Å²) in [5.74, 6) is 0.701. The molecule has 1 heterocycles. The number of aliphatic hydroxyl groups excluding tert-OH is 1. The Kier molecular flexibility index (Phi) is 5.49. The topological polar surface area (TPSA) is 32.7 Å². The Bertz CT molecular complexity index is 403. The molecule has 1 atom stereocenters. The predicted octanol–water partition coefficient (Wildman–Crippen LogP) is 3.26. The Hall–Kier alpha value is -0.770. The maximum atomic E-state index is 9.47. The van der Waals surface area contributed by atoms with Crippen LogP contribution in [0, 0.1) is 0 Å². The van der Waals surface area contributed by atoms with Crippen LogP contribution in [0.4, 0.5) is 0 Å². The molecule has 19 heavy (non-hydrogen) atoms. The third kappa shape index (κ3) is 4.37. The zero-order valence-electron chi connectivity index (χ0n) is 11.4. The molecule has 0 spiro atoms. The first-order valence-corrected chi connectivity index (χ1v) is 7.37. The van der Waals surface area contributed by atoms with E-state index in [-0.39, 0.29) is 0 Å².